The number of Topliss-reactive ketones (excluding diaryl/α,β-unsaturated/α-hetero) is 1. The number of aromatic amines is 1. The minimum absolute atomic E-state index is 0.0417. The number of nitrogens with one attached hydrogen (secondary N) is 1. The summed E-state index contributed by atoms with van der Waals surface area (Å²) in [6, 6.07) is 0. The number of hydrogen-bond acceptors (Lipinski definition) is 4. The van der Waals surface area contributed by atoms with E-state index in [-0.39, 0.29) is 11.6 Å². The van der Waals surface area contributed by atoms with Crippen molar-refractivity contribution in [3.63, 3.8) is 0 Å². The molecule has 0 spiro atoms. The average molecular weight is 128 g/mol. The Morgan fingerprint density at radius 2 is 2.44 bits per heavy atom. The number of H-pyrrole nitrogens is 1. The van der Waals surface area contributed by atoms with Gasteiger partial charge in [-0.25, -0.2) is 4.79 Å². The van der Waals surface area contributed by atoms with E-state index >= 15 is 0 Å². The van der Waals surface area contributed by atoms with E-state index in [2.05, 4.69) is 14.7 Å². The zero-order valence-electron chi connectivity index (χ0n) is 4.67. The third-order valence-corrected chi connectivity index (χ3v) is 0.774. The molecule has 0 unspecified atom stereocenters. The minimum atomic E-state index is -0.708. The van der Waals surface area contributed by atoms with Crippen molar-refractivity contribution in [3.8, 4) is 0 Å². The number of hydrogen-bond donors (Lipinski definition) is 1. The van der Waals surface area contributed by atoms with E-state index < -0.39 is 5.76 Å². The Balaban J connectivity index is 3.12. The number of nitrogens with zero attached hydrogens (tertiary/aromatic N) is 1. The maximum Gasteiger partial charge on any atom is 0.439 e. The molecular weight excluding hydrogens is 124 g/mol. The van der Waals surface area contributed by atoms with Crippen LogP contribution in [0.15, 0.2) is 9.32 Å². The highest BCUT2D eigenvalue weighted by molar-refractivity contribution is 5.89. The number of rotatable bonds is 1. The summed E-state index contributed by atoms with van der Waals surface area (Å²) in [5, 5.41) is 3.12. The molecule has 1 N–H and O–H groups in total. The summed E-state index contributed by atoms with van der Waals surface area (Å²) < 4.78 is 4.04. The normalized spacial score (nSPS) is 9.44. The van der Waals surface area contributed by atoms with E-state index in [0.29, 0.717) is 0 Å². The van der Waals surface area contributed by atoms with E-state index in [9.17, 15) is 9.59 Å². The third kappa shape index (κ3) is 1.04. The summed E-state index contributed by atoms with van der Waals surface area (Å²) in [5.41, 5.74) is 0. The molecule has 0 radical (unpaired) electrons. The molecule has 48 valence electrons. The molecule has 0 aromatic carbocycles. The van der Waals surface area contributed by atoms with Crippen LogP contribution < -0.4 is 5.76 Å². The van der Waals surface area contributed by atoms with E-state index in [0.717, 1.165) is 0 Å². The van der Waals surface area contributed by atoms with Gasteiger partial charge in [0, 0.05) is 6.92 Å². The largest absolute Gasteiger partial charge is 0.439 e. The third-order valence-electron chi connectivity index (χ3n) is 0.774. The number of carbonyl (C=O) groups is 1. The van der Waals surface area contributed by atoms with Crippen LogP contribution in [0, 0.1) is 0 Å². The van der Waals surface area contributed by atoms with Crippen LogP contribution in [0.4, 0.5) is 0 Å². The Kier molecular flexibility index (Phi) is 1.18. The highest BCUT2D eigenvalue weighted by atomic mass is 16.5. The second-order valence-electron chi connectivity index (χ2n) is 1.50. The smallest absolute Gasteiger partial charge is 0.295 e. The Morgan fingerprint density at radius 1 is 1.78 bits per heavy atom. The number of aromatic nitrogens is 2. The lowest BCUT2D eigenvalue weighted by Gasteiger charge is -1.75. The highest BCUT2D eigenvalue weighted by Gasteiger charge is 2.03. The van der Waals surface area contributed by atoms with Gasteiger partial charge < -0.3 is 0 Å². The molecule has 0 atom stereocenters. The van der Waals surface area contributed by atoms with Gasteiger partial charge in [-0.05, 0) is 0 Å². The zero-order valence-corrected chi connectivity index (χ0v) is 4.67. The SMILES string of the molecule is CC(=O)c1noc(=O)[nH]1. The zero-order chi connectivity index (χ0) is 6.85. The molecule has 0 bridgehead atoms. The van der Waals surface area contributed by atoms with Gasteiger partial charge in [-0.15, -0.1) is 0 Å². The molecule has 0 aliphatic heterocycles. The van der Waals surface area contributed by atoms with Gasteiger partial charge in [0.2, 0.25) is 5.82 Å². The fourth-order valence-electron chi connectivity index (χ4n) is 0.382. The first-order valence-electron chi connectivity index (χ1n) is 2.27. The highest BCUT2D eigenvalue weighted by Crippen LogP contribution is 1.82. The molecule has 5 heteroatoms. The lowest BCUT2D eigenvalue weighted by atomic mass is 10.4. The minimum Gasteiger partial charge on any atom is -0.295 e. The second-order valence-corrected chi connectivity index (χ2v) is 1.50. The summed E-state index contributed by atoms with van der Waals surface area (Å²) in [7, 11) is 0. The predicted octanol–water partition coefficient (Wildman–Crippen LogP) is -0.435. The van der Waals surface area contributed by atoms with Crippen molar-refractivity contribution >= 4 is 5.78 Å². The van der Waals surface area contributed by atoms with E-state index in [4.69, 9.17) is 0 Å². The van der Waals surface area contributed by atoms with Crippen LogP contribution in [0.5, 0.6) is 0 Å². The van der Waals surface area contributed by atoms with Gasteiger partial charge >= 0.3 is 5.76 Å². The number of carbonyl (C=O) groups excluding carboxylic acids is 1. The van der Waals surface area contributed by atoms with Gasteiger partial charge in [0.25, 0.3) is 0 Å². The fraction of sp³-hybridized carbons (Fsp3) is 0.250. The fourth-order valence-corrected chi connectivity index (χ4v) is 0.382. The summed E-state index contributed by atoms with van der Waals surface area (Å²) >= 11 is 0. The quantitative estimate of drug-likeness (QED) is 0.520. The van der Waals surface area contributed by atoms with Crippen molar-refractivity contribution < 1.29 is 9.32 Å². The monoisotopic (exact) mass is 128 g/mol. The van der Waals surface area contributed by atoms with Gasteiger partial charge in [-0.2, -0.15) is 0 Å². The maximum atomic E-state index is 10.4. The van der Waals surface area contributed by atoms with Crippen LogP contribution in [0.25, 0.3) is 0 Å². The molecule has 1 aromatic rings. The molecule has 5 nitrogen and oxygen atoms in total. The van der Waals surface area contributed by atoms with Crippen LogP contribution in [-0.4, -0.2) is 15.9 Å². The molecule has 1 rings (SSSR count). The Labute approximate surface area is 49.7 Å². The van der Waals surface area contributed by atoms with Crippen molar-refractivity contribution in [1.29, 1.82) is 0 Å². The summed E-state index contributed by atoms with van der Waals surface area (Å²) in [6.45, 7) is 1.29. The lowest BCUT2D eigenvalue weighted by molar-refractivity contribution is 0.100. The van der Waals surface area contributed by atoms with Crippen molar-refractivity contribution in [2.45, 2.75) is 6.92 Å². The first kappa shape index (κ1) is 5.74. The molecule has 0 aliphatic rings. The van der Waals surface area contributed by atoms with E-state index in [1.54, 1.807) is 0 Å². The topological polar surface area (TPSA) is 76.0 Å². The molecule has 0 aliphatic carbocycles. The van der Waals surface area contributed by atoms with E-state index in [1.807, 2.05) is 0 Å². The average Bonchev–Trinajstić information content (AvgIpc) is 2.14. The van der Waals surface area contributed by atoms with Gasteiger partial charge in [0.1, 0.15) is 0 Å². The van der Waals surface area contributed by atoms with Crippen LogP contribution in [-0.2, 0) is 0 Å². The molecular formula is C4H4N2O3. The van der Waals surface area contributed by atoms with Crippen LogP contribution in [0.2, 0.25) is 0 Å². The van der Waals surface area contributed by atoms with Crippen molar-refractivity contribution in [2.24, 2.45) is 0 Å². The second kappa shape index (κ2) is 1.85. The van der Waals surface area contributed by atoms with Crippen molar-refractivity contribution in [3.05, 3.63) is 16.4 Å². The van der Waals surface area contributed by atoms with Crippen LogP contribution >= 0.6 is 0 Å². The van der Waals surface area contributed by atoms with Gasteiger partial charge in [-0.1, -0.05) is 5.16 Å². The van der Waals surface area contributed by atoms with Crippen LogP contribution in [0.3, 0.4) is 0 Å². The molecule has 9 heavy (non-hydrogen) atoms. The molecule has 0 amide bonds. The van der Waals surface area contributed by atoms with Gasteiger partial charge in [-0.3, -0.25) is 14.3 Å². The molecule has 0 fully saturated rings. The van der Waals surface area contributed by atoms with Crippen molar-refractivity contribution in [2.75, 3.05) is 0 Å². The summed E-state index contributed by atoms with van der Waals surface area (Å²) in [5.74, 6) is -1.07. The first-order chi connectivity index (χ1) is 4.20. The predicted molar refractivity (Wildman–Crippen MR) is 27.1 cm³/mol. The molecule has 0 saturated carbocycles. The standard InChI is InChI=1S/C4H4N2O3/c1-2(7)3-5-4(8)9-6-3/h1H3,(H,5,6,8). The first-order valence-corrected chi connectivity index (χ1v) is 2.27. The van der Waals surface area contributed by atoms with E-state index in [1.165, 1.54) is 6.92 Å². The Morgan fingerprint density at radius 3 is 2.67 bits per heavy atom. The summed E-state index contributed by atoms with van der Waals surface area (Å²) in [6.07, 6.45) is 0. The van der Waals surface area contributed by atoms with Gasteiger partial charge in [0.15, 0.2) is 5.78 Å². The lowest BCUT2D eigenvalue weighted by Crippen LogP contribution is -2.00. The van der Waals surface area contributed by atoms with Crippen molar-refractivity contribution in [1.82, 2.24) is 10.1 Å². The Bertz CT molecular complexity index is 271. The molecule has 0 saturated heterocycles. The van der Waals surface area contributed by atoms with Crippen LogP contribution in [0.1, 0.15) is 17.5 Å². The molecule has 1 aromatic heterocycles. The Hall–Kier alpha value is -1.39. The molecule has 1 heterocycles. The maximum absolute atomic E-state index is 10.4. The summed E-state index contributed by atoms with van der Waals surface area (Å²) in [4.78, 5) is 22.6. The van der Waals surface area contributed by atoms with Gasteiger partial charge in [0.05, 0.1) is 0 Å². The number of ketones is 1.